The highest BCUT2D eigenvalue weighted by atomic mass is 16.8. The normalized spacial score (nSPS) is 40.3. The van der Waals surface area contributed by atoms with Gasteiger partial charge in [-0.05, 0) is 27.7 Å². The number of ether oxygens (including phenoxy) is 8. The SMILES string of the molecule is CC(/C=C/C=C(\C)C(=O)O[C@@H]1O[C@H](CO[C@@H]2O[C@H](CO)[C@@H](O)[C@H](O)[C@@H]2O)[C@@H](O)[C@H](O)[C@@H]1O)=C\C=C\C=C(C)\C=C\C=C(/C)C(=O)O[C@H]1O[C@@H](CO[C@@H]2O[C@H](CO)[C@H](O)[C@@H](O)[C@@H]2O)[C@H](O)[C@@H](O)[C@@H]1O. The third-order valence-corrected chi connectivity index (χ3v) is 11.2. The predicted octanol–water partition coefficient (Wildman–Crippen LogP) is -5.23. The van der Waals surface area contributed by atoms with Gasteiger partial charge in [0.1, 0.15) is 97.7 Å². The highest BCUT2D eigenvalue weighted by Crippen LogP contribution is 2.28. The summed E-state index contributed by atoms with van der Waals surface area (Å²) in [6.45, 7) is 3.80. The lowest BCUT2D eigenvalue weighted by atomic mass is 9.98. The van der Waals surface area contributed by atoms with E-state index in [1.54, 1.807) is 62.5 Å². The van der Waals surface area contributed by atoms with Crippen molar-refractivity contribution in [1.82, 2.24) is 0 Å². The number of aliphatic hydroxyl groups is 14. The monoisotopic (exact) mass is 976 g/mol. The lowest BCUT2D eigenvalue weighted by molar-refractivity contribution is -0.326. The number of aliphatic hydroxyl groups excluding tert-OH is 14. The summed E-state index contributed by atoms with van der Waals surface area (Å²) in [6.07, 6.45) is -16.8. The zero-order valence-corrected chi connectivity index (χ0v) is 37.5. The molecule has 20 atom stereocenters. The van der Waals surface area contributed by atoms with Crippen LogP contribution in [0.4, 0.5) is 0 Å². The molecule has 4 aliphatic heterocycles. The number of carbonyl (C=O) groups excluding carboxylic acids is 2. The Morgan fingerprint density at radius 2 is 0.691 bits per heavy atom. The number of esters is 2. The Morgan fingerprint density at radius 3 is 1.01 bits per heavy atom. The summed E-state index contributed by atoms with van der Waals surface area (Å²) in [5, 5.41) is 142. The fraction of sp³-hybridized carbons (Fsp3) is 0.636. The molecule has 24 nitrogen and oxygen atoms in total. The van der Waals surface area contributed by atoms with Gasteiger partial charge in [0.25, 0.3) is 0 Å². The zero-order chi connectivity index (χ0) is 50.6. The first kappa shape index (κ1) is 56.9. The first-order valence-electron chi connectivity index (χ1n) is 21.5. The number of allylic oxidation sites excluding steroid dienone is 12. The number of carbonyl (C=O) groups is 2. The minimum absolute atomic E-state index is 0.0726. The van der Waals surface area contributed by atoms with E-state index < -0.39 is 161 Å². The molecule has 4 saturated heterocycles. The van der Waals surface area contributed by atoms with E-state index in [1.165, 1.54) is 26.0 Å². The van der Waals surface area contributed by atoms with Crippen LogP contribution in [0.5, 0.6) is 0 Å². The van der Waals surface area contributed by atoms with Gasteiger partial charge in [0.05, 0.1) is 26.4 Å². The van der Waals surface area contributed by atoms with Crippen LogP contribution in [0.15, 0.2) is 83.1 Å². The van der Waals surface area contributed by atoms with E-state index in [0.717, 1.165) is 11.1 Å². The molecule has 0 amide bonds. The quantitative estimate of drug-likeness (QED) is 0.0347. The van der Waals surface area contributed by atoms with Gasteiger partial charge in [0.2, 0.25) is 12.6 Å². The van der Waals surface area contributed by atoms with Gasteiger partial charge in [0, 0.05) is 11.1 Å². The molecule has 0 spiro atoms. The van der Waals surface area contributed by atoms with Crippen LogP contribution in [0, 0.1) is 0 Å². The van der Waals surface area contributed by atoms with Crippen LogP contribution in [0.2, 0.25) is 0 Å². The molecule has 14 N–H and O–H groups in total. The first-order chi connectivity index (χ1) is 32.1. The van der Waals surface area contributed by atoms with Gasteiger partial charge < -0.3 is 109 Å². The second-order valence-electron chi connectivity index (χ2n) is 16.5. The van der Waals surface area contributed by atoms with Gasteiger partial charge in [-0.25, -0.2) is 9.59 Å². The molecule has 24 heteroatoms. The summed E-state index contributed by atoms with van der Waals surface area (Å²) in [5.74, 6) is -1.86. The van der Waals surface area contributed by atoms with Crippen molar-refractivity contribution in [3.63, 3.8) is 0 Å². The molecule has 0 unspecified atom stereocenters. The minimum atomic E-state index is -1.86. The highest BCUT2D eigenvalue weighted by molar-refractivity contribution is 5.88. The predicted molar refractivity (Wildman–Crippen MR) is 227 cm³/mol. The minimum Gasteiger partial charge on any atom is -0.429 e. The maximum atomic E-state index is 12.8. The largest absolute Gasteiger partial charge is 0.429 e. The average molecular weight is 977 g/mol. The van der Waals surface area contributed by atoms with Crippen LogP contribution in [0.25, 0.3) is 0 Å². The van der Waals surface area contributed by atoms with Gasteiger partial charge in [-0.2, -0.15) is 0 Å². The van der Waals surface area contributed by atoms with Crippen LogP contribution in [-0.4, -0.2) is 233 Å². The molecule has 4 heterocycles. The molecule has 4 rings (SSSR count). The van der Waals surface area contributed by atoms with Crippen molar-refractivity contribution < 1.29 is 119 Å². The first-order valence-corrected chi connectivity index (χ1v) is 21.5. The van der Waals surface area contributed by atoms with E-state index in [2.05, 4.69) is 0 Å². The fourth-order valence-electron chi connectivity index (χ4n) is 6.84. The Kier molecular flexibility index (Phi) is 22.2. The molecular formula is C44H64O24. The van der Waals surface area contributed by atoms with Crippen LogP contribution in [-0.2, 0) is 47.5 Å². The van der Waals surface area contributed by atoms with Crippen LogP contribution in [0.3, 0.4) is 0 Å². The summed E-state index contributed by atoms with van der Waals surface area (Å²) < 4.78 is 42.7. The Balaban J connectivity index is 1.23. The van der Waals surface area contributed by atoms with Gasteiger partial charge in [0.15, 0.2) is 12.6 Å². The number of hydrogen-bond donors (Lipinski definition) is 14. The number of rotatable bonds is 18. The van der Waals surface area contributed by atoms with Crippen molar-refractivity contribution in [1.29, 1.82) is 0 Å². The van der Waals surface area contributed by atoms with E-state index in [1.807, 2.05) is 0 Å². The third-order valence-electron chi connectivity index (χ3n) is 11.2. The molecule has 4 aliphatic rings. The maximum Gasteiger partial charge on any atom is 0.336 e. The Morgan fingerprint density at radius 1 is 0.397 bits per heavy atom. The molecule has 0 aromatic carbocycles. The van der Waals surface area contributed by atoms with Gasteiger partial charge in [-0.15, -0.1) is 0 Å². The lowest BCUT2D eigenvalue weighted by Crippen LogP contribution is -2.61. The van der Waals surface area contributed by atoms with Crippen LogP contribution < -0.4 is 0 Å². The van der Waals surface area contributed by atoms with Crippen molar-refractivity contribution in [2.24, 2.45) is 0 Å². The number of hydrogen-bond acceptors (Lipinski definition) is 24. The fourth-order valence-corrected chi connectivity index (χ4v) is 6.84. The molecule has 68 heavy (non-hydrogen) atoms. The molecule has 0 bridgehead atoms. The van der Waals surface area contributed by atoms with E-state index in [9.17, 15) is 81.1 Å². The standard InChI is InChI=1S/C44H64O24/c1-19(11-7-13-21(3)39(59)67-43-37(57)33(53)29(49)25(65-43)17-61-41-35(55)31(51)27(47)23(15-45)63-41)9-5-6-10-20(2)12-8-14-22(4)40(60)68-44-38(58)34(54)30(50)26(66-44)18-62-42-36(56)32(52)28(48)24(16-46)64-42/h5-14,23-38,41-58H,15-18H2,1-4H3/b6-5+,11-7+,12-8+,19-9+,20-10+,21-13+,22-14+/t23-,24-,25-,26+,27-,28+,29-,30+,31+,32-,33+,34-,35+,36+,37+,38+,41-,42-,43+,44-/m1/s1. The van der Waals surface area contributed by atoms with Crippen LogP contribution >= 0.6 is 0 Å². The highest BCUT2D eigenvalue weighted by Gasteiger charge is 2.50. The third kappa shape index (κ3) is 14.9. The Labute approximate surface area is 390 Å². The Bertz CT molecular complexity index is 1730. The average Bonchev–Trinajstić information content (AvgIpc) is 3.31. The van der Waals surface area contributed by atoms with Gasteiger partial charge >= 0.3 is 11.9 Å². The summed E-state index contributed by atoms with van der Waals surface area (Å²) >= 11 is 0. The lowest BCUT2D eigenvalue weighted by Gasteiger charge is -2.42. The van der Waals surface area contributed by atoms with E-state index >= 15 is 0 Å². The second kappa shape index (κ2) is 26.5. The summed E-state index contributed by atoms with van der Waals surface area (Å²) in [6, 6.07) is 0. The van der Waals surface area contributed by atoms with E-state index in [-0.39, 0.29) is 11.1 Å². The van der Waals surface area contributed by atoms with Gasteiger partial charge in [-0.3, -0.25) is 0 Å². The second-order valence-corrected chi connectivity index (χ2v) is 16.5. The van der Waals surface area contributed by atoms with Crippen molar-refractivity contribution in [2.75, 3.05) is 26.4 Å². The molecule has 0 saturated carbocycles. The molecule has 0 aromatic rings. The molecule has 0 aliphatic carbocycles. The topological polar surface area (TPSA) is 391 Å². The van der Waals surface area contributed by atoms with E-state index in [4.69, 9.17) is 37.9 Å². The molecule has 4 fully saturated rings. The van der Waals surface area contributed by atoms with Crippen molar-refractivity contribution in [2.45, 2.75) is 151 Å². The molecule has 384 valence electrons. The molecule has 0 aromatic heterocycles. The van der Waals surface area contributed by atoms with Crippen molar-refractivity contribution >= 4 is 11.9 Å². The molecular weight excluding hydrogens is 912 g/mol. The Hall–Kier alpha value is -3.68. The maximum absolute atomic E-state index is 12.8. The van der Waals surface area contributed by atoms with Crippen LogP contribution in [0.1, 0.15) is 27.7 Å². The summed E-state index contributed by atoms with van der Waals surface area (Å²) in [5.41, 5.74) is 1.68. The summed E-state index contributed by atoms with van der Waals surface area (Å²) in [7, 11) is 0. The van der Waals surface area contributed by atoms with E-state index in [0.29, 0.717) is 0 Å². The smallest absolute Gasteiger partial charge is 0.336 e. The molecule has 0 radical (unpaired) electrons. The van der Waals surface area contributed by atoms with Crippen molar-refractivity contribution in [3.05, 3.63) is 83.1 Å². The summed E-state index contributed by atoms with van der Waals surface area (Å²) in [4.78, 5) is 25.6. The van der Waals surface area contributed by atoms with Crippen molar-refractivity contribution in [3.8, 4) is 0 Å². The zero-order valence-electron chi connectivity index (χ0n) is 37.5. The van der Waals surface area contributed by atoms with Gasteiger partial charge in [-0.1, -0.05) is 71.9 Å².